The van der Waals surface area contributed by atoms with Crippen LogP contribution >= 0.6 is 0 Å². The zero-order chi connectivity index (χ0) is 10.7. The summed E-state index contributed by atoms with van der Waals surface area (Å²) in [6, 6.07) is -0.0708. The van der Waals surface area contributed by atoms with Gasteiger partial charge in [-0.25, -0.2) is 0 Å². The maximum Gasteiger partial charge on any atom is 0.236 e. The van der Waals surface area contributed by atoms with Crippen LogP contribution in [0.4, 0.5) is 0 Å². The van der Waals surface area contributed by atoms with Gasteiger partial charge in [-0.05, 0) is 31.6 Å². The van der Waals surface area contributed by atoms with Gasteiger partial charge >= 0.3 is 0 Å². The van der Waals surface area contributed by atoms with Gasteiger partial charge in [-0.3, -0.25) is 4.79 Å². The Morgan fingerprint density at radius 1 is 1.36 bits per heavy atom. The monoisotopic (exact) mass is 198 g/mol. The number of nitrogens with two attached hydrogens (primary N) is 1. The van der Waals surface area contributed by atoms with E-state index in [0.29, 0.717) is 17.9 Å². The molecule has 0 aliphatic heterocycles. The predicted octanol–water partition coefficient (Wildman–Crippen LogP) is 1.27. The Labute approximate surface area is 86.4 Å². The van der Waals surface area contributed by atoms with Crippen molar-refractivity contribution in [2.75, 3.05) is 0 Å². The lowest BCUT2D eigenvalue weighted by Crippen LogP contribution is -2.50. The summed E-state index contributed by atoms with van der Waals surface area (Å²) in [4.78, 5) is 11.5. The zero-order valence-electron chi connectivity index (χ0n) is 9.42. The van der Waals surface area contributed by atoms with Gasteiger partial charge in [-0.2, -0.15) is 0 Å². The number of carbonyl (C=O) groups is 1. The number of hydrogen-bond acceptors (Lipinski definition) is 2. The van der Waals surface area contributed by atoms with Crippen molar-refractivity contribution in [1.82, 2.24) is 5.32 Å². The van der Waals surface area contributed by atoms with E-state index >= 15 is 0 Å². The fourth-order valence-electron chi connectivity index (χ4n) is 2.26. The Hall–Kier alpha value is -0.570. The van der Waals surface area contributed by atoms with E-state index in [4.69, 9.17) is 5.73 Å². The zero-order valence-corrected chi connectivity index (χ0v) is 9.42. The van der Waals surface area contributed by atoms with Crippen molar-refractivity contribution >= 4 is 5.91 Å². The molecular weight excluding hydrogens is 176 g/mol. The van der Waals surface area contributed by atoms with E-state index in [1.165, 1.54) is 19.3 Å². The molecule has 3 N–H and O–H groups in total. The summed E-state index contributed by atoms with van der Waals surface area (Å²) in [7, 11) is 0. The van der Waals surface area contributed by atoms with E-state index in [-0.39, 0.29) is 5.91 Å². The highest BCUT2D eigenvalue weighted by atomic mass is 16.2. The highest BCUT2D eigenvalue weighted by molar-refractivity contribution is 5.81. The molecule has 3 heteroatoms. The molecule has 0 spiro atoms. The topological polar surface area (TPSA) is 55.1 Å². The van der Waals surface area contributed by atoms with E-state index in [9.17, 15) is 4.79 Å². The van der Waals surface area contributed by atoms with Crippen LogP contribution < -0.4 is 11.1 Å². The lowest BCUT2D eigenvalue weighted by atomic mass is 9.78. The van der Waals surface area contributed by atoms with Gasteiger partial charge in [0.2, 0.25) is 5.91 Å². The molecule has 3 nitrogen and oxygen atoms in total. The Morgan fingerprint density at radius 3 is 2.29 bits per heavy atom. The van der Waals surface area contributed by atoms with E-state index in [1.54, 1.807) is 6.92 Å². The molecule has 0 radical (unpaired) electrons. The van der Waals surface area contributed by atoms with Gasteiger partial charge in [-0.1, -0.05) is 20.3 Å². The molecule has 0 saturated heterocycles. The molecule has 1 fully saturated rings. The van der Waals surface area contributed by atoms with Crippen LogP contribution in [-0.2, 0) is 4.79 Å². The van der Waals surface area contributed by atoms with Crippen LogP contribution in [0, 0.1) is 11.8 Å². The van der Waals surface area contributed by atoms with Gasteiger partial charge in [-0.15, -0.1) is 0 Å². The first-order chi connectivity index (χ1) is 6.52. The van der Waals surface area contributed by atoms with Gasteiger partial charge in [0, 0.05) is 6.04 Å². The standard InChI is InChI=1S/C11H22N2O/c1-7-5-4-6-8(2)10(7)13-11(14)9(3)12/h7-10H,4-6,12H2,1-3H3,(H,13,14)/t7?,8?,9-,10?/m1/s1. The second-order valence-electron chi connectivity index (χ2n) is 4.71. The quantitative estimate of drug-likeness (QED) is 0.702. The number of nitrogens with one attached hydrogen (secondary N) is 1. The second-order valence-corrected chi connectivity index (χ2v) is 4.71. The van der Waals surface area contributed by atoms with E-state index in [1.807, 2.05) is 0 Å². The average Bonchev–Trinajstić information content (AvgIpc) is 2.11. The summed E-state index contributed by atoms with van der Waals surface area (Å²) in [5, 5.41) is 3.05. The Morgan fingerprint density at radius 2 is 1.86 bits per heavy atom. The Bertz CT molecular complexity index is 193. The van der Waals surface area contributed by atoms with Gasteiger partial charge in [0.1, 0.15) is 0 Å². The molecule has 1 saturated carbocycles. The van der Waals surface area contributed by atoms with Crippen molar-refractivity contribution < 1.29 is 4.79 Å². The third-order valence-electron chi connectivity index (χ3n) is 3.27. The van der Waals surface area contributed by atoms with Gasteiger partial charge in [0.25, 0.3) is 0 Å². The van der Waals surface area contributed by atoms with Crippen LogP contribution in [-0.4, -0.2) is 18.0 Å². The Balaban J connectivity index is 2.52. The van der Waals surface area contributed by atoms with Crippen molar-refractivity contribution in [3.63, 3.8) is 0 Å². The molecule has 82 valence electrons. The molecule has 0 bridgehead atoms. The van der Waals surface area contributed by atoms with Crippen molar-refractivity contribution in [2.45, 2.75) is 52.1 Å². The van der Waals surface area contributed by atoms with Gasteiger partial charge in [0.05, 0.1) is 6.04 Å². The minimum atomic E-state index is -0.392. The predicted molar refractivity (Wildman–Crippen MR) is 57.8 cm³/mol. The number of rotatable bonds is 2. The SMILES string of the molecule is CC1CCCC(C)C1NC(=O)[C@@H](C)N. The maximum absolute atomic E-state index is 11.5. The summed E-state index contributed by atoms with van der Waals surface area (Å²) >= 11 is 0. The van der Waals surface area contributed by atoms with Crippen LogP contribution in [0.25, 0.3) is 0 Å². The van der Waals surface area contributed by atoms with Gasteiger partial charge < -0.3 is 11.1 Å². The molecule has 0 aromatic rings. The van der Waals surface area contributed by atoms with Crippen LogP contribution in [0.5, 0.6) is 0 Å². The molecule has 0 aromatic carbocycles. The molecule has 1 rings (SSSR count). The van der Waals surface area contributed by atoms with E-state index in [2.05, 4.69) is 19.2 Å². The van der Waals surface area contributed by atoms with E-state index < -0.39 is 6.04 Å². The van der Waals surface area contributed by atoms with E-state index in [0.717, 1.165) is 0 Å². The Kier molecular flexibility index (Phi) is 3.93. The molecular formula is C11H22N2O. The molecule has 0 heterocycles. The first-order valence-electron chi connectivity index (χ1n) is 5.58. The maximum atomic E-state index is 11.5. The summed E-state index contributed by atoms with van der Waals surface area (Å²) in [6.45, 7) is 6.15. The molecule has 2 unspecified atom stereocenters. The average molecular weight is 198 g/mol. The summed E-state index contributed by atoms with van der Waals surface area (Å²) < 4.78 is 0. The lowest BCUT2D eigenvalue weighted by molar-refractivity contribution is -0.123. The van der Waals surface area contributed by atoms with Crippen LogP contribution in [0.3, 0.4) is 0 Å². The molecule has 1 aliphatic rings. The third-order valence-corrected chi connectivity index (χ3v) is 3.27. The second kappa shape index (κ2) is 4.78. The lowest BCUT2D eigenvalue weighted by Gasteiger charge is -2.35. The van der Waals surface area contributed by atoms with Crippen LogP contribution in [0.15, 0.2) is 0 Å². The smallest absolute Gasteiger partial charge is 0.236 e. The minimum absolute atomic E-state index is 0.0180. The van der Waals surface area contributed by atoms with Crippen molar-refractivity contribution in [1.29, 1.82) is 0 Å². The molecule has 1 aliphatic carbocycles. The minimum Gasteiger partial charge on any atom is -0.351 e. The fourth-order valence-corrected chi connectivity index (χ4v) is 2.26. The first-order valence-corrected chi connectivity index (χ1v) is 5.58. The van der Waals surface area contributed by atoms with Crippen molar-refractivity contribution in [3.8, 4) is 0 Å². The van der Waals surface area contributed by atoms with Crippen LogP contribution in [0.2, 0.25) is 0 Å². The van der Waals surface area contributed by atoms with Gasteiger partial charge in [0.15, 0.2) is 0 Å². The third kappa shape index (κ3) is 2.71. The summed E-state index contributed by atoms with van der Waals surface area (Å²) in [5.41, 5.74) is 5.53. The summed E-state index contributed by atoms with van der Waals surface area (Å²) in [5.74, 6) is 1.15. The van der Waals surface area contributed by atoms with Crippen LogP contribution in [0.1, 0.15) is 40.0 Å². The molecule has 0 aromatic heterocycles. The molecule has 3 atom stereocenters. The molecule has 1 amide bonds. The van der Waals surface area contributed by atoms with Crippen molar-refractivity contribution in [3.05, 3.63) is 0 Å². The number of hydrogen-bond donors (Lipinski definition) is 2. The highest BCUT2D eigenvalue weighted by Gasteiger charge is 2.29. The largest absolute Gasteiger partial charge is 0.351 e. The number of amides is 1. The normalized spacial score (nSPS) is 35.0. The fraction of sp³-hybridized carbons (Fsp3) is 0.909. The number of carbonyl (C=O) groups excluding carboxylic acids is 1. The first kappa shape index (κ1) is 11.5. The molecule has 14 heavy (non-hydrogen) atoms. The summed E-state index contributed by atoms with van der Waals surface area (Å²) in [6.07, 6.45) is 3.72. The highest BCUT2D eigenvalue weighted by Crippen LogP contribution is 2.28. The van der Waals surface area contributed by atoms with Crippen molar-refractivity contribution in [2.24, 2.45) is 17.6 Å².